The molecule has 0 amide bonds. The van der Waals surface area contributed by atoms with Gasteiger partial charge < -0.3 is 4.74 Å². The van der Waals surface area contributed by atoms with E-state index in [0.717, 1.165) is 0 Å². The van der Waals surface area contributed by atoms with Crippen molar-refractivity contribution in [3.05, 3.63) is 27.0 Å². The molecule has 0 aromatic carbocycles. The molecule has 0 bridgehead atoms. The molecule has 0 spiro atoms. The van der Waals surface area contributed by atoms with Crippen LogP contribution in [0.1, 0.15) is 6.92 Å². The van der Waals surface area contributed by atoms with E-state index >= 15 is 0 Å². The summed E-state index contributed by atoms with van der Waals surface area (Å²) in [6.45, 7) is 2.12. The summed E-state index contributed by atoms with van der Waals surface area (Å²) in [4.78, 5) is 13.9. The lowest BCUT2D eigenvalue weighted by molar-refractivity contribution is -0.386. The lowest BCUT2D eigenvalue weighted by atomic mass is 10.4. The lowest BCUT2D eigenvalue weighted by Gasteiger charge is -2.04. The number of rotatable bonds is 3. The highest BCUT2D eigenvalue weighted by Crippen LogP contribution is 2.32. The number of hydrogen-bond donors (Lipinski definition) is 0. The van der Waals surface area contributed by atoms with Crippen molar-refractivity contribution in [2.24, 2.45) is 0 Å². The number of nitro groups is 1. The molecule has 0 atom stereocenters. The number of hydrogen-bond acceptors (Lipinski definition) is 4. The summed E-state index contributed by atoms with van der Waals surface area (Å²) < 4.78 is 5.43. The van der Waals surface area contributed by atoms with Gasteiger partial charge in [0, 0.05) is 12.3 Å². The van der Waals surface area contributed by atoms with Gasteiger partial charge in [-0.05, 0) is 22.9 Å². The van der Waals surface area contributed by atoms with Crippen molar-refractivity contribution in [3.63, 3.8) is 0 Å². The average Bonchev–Trinajstić information content (AvgIpc) is 2.08. The molecule has 0 saturated heterocycles. The normalized spacial score (nSPS) is 9.69. The summed E-state index contributed by atoms with van der Waals surface area (Å²) in [5.74, 6) is 0.176. The molecule has 0 saturated carbocycles. The van der Waals surface area contributed by atoms with E-state index in [0.29, 0.717) is 11.2 Å². The molecule has 5 nitrogen and oxygen atoms in total. The predicted molar refractivity (Wildman–Crippen MR) is 49.8 cm³/mol. The van der Waals surface area contributed by atoms with Gasteiger partial charge in [0.1, 0.15) is 0 Å². The fourth-order valence-corrected chi connectivity index (χ4v) is 1.27. The summed E-state index contributed by atoms with van der Waals surface area (Å²) in [5, 5.41) is 10.5. The molecule has 0 fully saturated rings. The highest BCUT2D eigenvalue weighted by atomic mass is 79.9. The maximum absolute atomic E-state index is 10.5. The van der Waals surface area contributed by atoms with Crippen LogP contribution in [0.15, 0.2) is 16.9 Å². The van der Waals surface area contributed by atoms with Gasteiger partial charge in [0.2, 0.25) is 5.75 Å². The number of pyridine rings is 1. The molecular formula is C7H7BrN2O3. The molecule has 1 aromatic heterocycles. The molecular weight excluding hydrogens is 240 g/mol. The van der Waals surface area contributed by atoms with E-state index in [1.165, 1.54) is 12.3 Å². The van der Waals surface area contributed by atoms with E-state index < -0.39 is 4.92 Å². The molecule has 0 aliphatic rings. The third-order valence-corrected chi connectivity index (χ3v) is 1.89. The SMILES string of the molecule is CCOc1c([N+](=O)[O-])ccnc1Br. The molecule has 0 radical (unpaired) electrons. The summed E-state index contributed by atoms with van der Waals surface area (Å²) in [7, 11) is 0. The quantitative estimate of drug-likeness (QED) is 0.466. The molecule has 6 heteroatoms. The Morgan fingerprint density at radius 2 is 2.46 bits per heavy atom. The second-order valence-corrected chi connectivity index (χ2v) is 2.89. The summed E-state index contributed by atoms with van der Waals surface area (Å²) in [5.41, 5.74) is -0.0799. The first-order valence-corrected chi connectivity index (χ1v) is 4.37. The van der Waals surface area contributed by atoms with E-state index in [1.807, 2.05) is 0 Å². The first-order chi connectivity index (χ1) is 6.16. The van der Waals surface area contributed by atoms with Gasteiger partial charge in [-0.3, -0.25) is 10.1 Å². The second-order valence-electron chi connectivity index (χ2n) is 2.14. The fraction of sp³-hybridized carbons (Fsp3) is 0.286. The smallest absolute Gasteiger partial charge is 0.315 e. The van der Waals surface area contributed by atoms with Crippen molar-refractivity contribution in [2.75, 3.05) is 6.61 Å². The van der Waals surface area contributed by atoms with Gasteiger partial charge in [-0.25, -0.2) is 4.98 Å². The van der Waals surface area contributed by atoms with E-state index in [1.54, 1.807) is 6.92 Å². The van der Waals surface area contributed by atoms with Gasteiger partial charge in [0.05, 0.1) is 11.5 Å². The van der Waals surface area contributed by atoms with Gasteiger partial charge >= 0.3 is 5.69 Å². The fourth-order valence-electron chi connectivity index (χ4n) is 0.835. The first-order valence-electron chi connectivity index (χ1n) is 3.58. The van der Waals surface area contributed by atoms with Crippen LogP contribution in [0.3, 0.4) is 0 Å². The zero-order valence-corrected chi connectivity index (χ0v) is 8.44. The minimum absolute atomic E-state index is 0.0799. The second kappa shape index (κ2) is 4.18. The zero-order valence-electron chi connectivity index (χ0n) is 6.86. The predicted octanol–water partition coefficient (Wildman–Crippen LogP) is 2.15. The van der Waals surface area contributed by atoms with Crippen LogP contribution in [-0.2, 0) is 0 Å². The third kappa shape index (κ3) is 2.15. The summed E-state index contributed by atoms with van der Waals surface area (Å²) in [6, 6.07) is 1.30. The lowest BCUT2D eigenvalue weighted by Crippen LogP contribution is -1.99. The monoisotopic (exact) mass is 246 g/mol. The van der Waals surface area contributed by atoms with Crippen LogP contribution in [0.2, 0.25) is 0 Å². The molecule has 0 aliphatic heterocycles. The Morgan fingerprint density at radius 1 is 1.77 bits per heavy atom. The van der Waals surface area contributed by atoms with E-state index in [2.05, 4.69) is 20.9 Å². The maximum Gasteiger partial charge on any atom is 0.315 e. The Bertz CT molecular complexity index is 330. The van der Waals surface area contributed by atoms with Crippen molar-refractivity contribution in [3.8, 4) is 5.75 Å². The van der Waals surface area contributed by atoms with Crippen LogP contribution in [0, 0.1) is 10.1 Å². The topological polar surface area (TPSA) is 65.3 Å². The van der Waals surface area contributed by atoms with Crippen LogP contribution in [0.25, 0.3) is 0 Å². The van der Waals surface area contributed by atoms with Crippen LogP contribution in [-0.4, -0.2) is 16.5 Å². The van der Waals surface area contributed by atoms with Gasteiger partial charge in [-0.1, -0.05) is 0 Å². The van der Waals surface area contributed by atoms with Gasteiger partial charge in [-0.2, -0.15) is 0 Å². The van der Waals surface area contributed by atoms with Crippen molar-refractivity contribution >= 4 is 21.6 Å². The Labute approximate surface area is 83.0 Å². The minimum atomic E-state index is -0.503. The molecule has 1 rings (SSSR count). The third-order valence-electron chi connectivity index (χ3n) is 1.33. The van der Waals surface area contributed by atoms with Crippen molar-refractivity contribution in [1.29, 1.82) is 0 Å². The van der Waals surface area contributed by atoms with Crippen molar-refractivity contribution < 1.29 is 9.66 Å². The molecule has 0 unspecified atom stereocenters. The standard InChI is InChI=1S/C7H7BrN2O3/c1-2-13-6-5(10(11)12)3-4-9-7(6)8/h3-4H,2H2,1H3. The minimum Gasteiger partial charge on any atom is -0.485 e. The largest absolute Gasteiger partial charge is 0.485 e. The molecule has 0 N–H and O–H groups in total. The number of aromatic nitrogens is 1. The van der Waals surface area contributed by atoms with Gasteiger partial charge in [-0.15, -0.1) is 0 Å². The highest BCUT2D eigenvalue weighted by molar-refractivity contribution is 9.10. The molecule has 1 aromatic rings. The van der Waals surface area contributed by atoms with Gasteiger partial charge in [0.15, 0.2) is 4.60 Å². The van der Waals surface area contributed by atoms with Crippen molar-refractivity contribution in [2.45, 2.75) is 6.92 Å². The van der Waals surface area contributed by atoms with E-state index in [4.69, 9.17) is 4.74 Å². The zero-order chi connectivity index (χ0) is 9.84. The van der Waals surface area contributed by atoms with E-state index in [-0.39, 0.29) is 11.4 Å². The Balaban J connectivity index is 3.17. The first kappa shape index (κ1) is 9.91. The number of nitrogens with zero attached hydrogens (tertiary/aromatic N) is 2. The molecule has 13 heavy (non-hydrogen) atoms. The Hall–Kier alpha value is -1.17. The summed E-state index contributed by atoms with van der Waals surface area (Å²) >= 11 is 3.08. The van der Waals surface area contributed by atoms with Crippen LogP contribution in [0.5, 0.6) is 5.75 Å². The molecule has 1 heterocycles. The Kier molecular flexibility index (Phi) is 3.18. The number of ether oxygens (including phenoxy) is 1. The molecule has 70 valence electrons. The van der Waals surface area contributed by atoms with Crippen LogP contribution < -0.4 is 4.74 Å². The van der Waals surface area contributed by atoms with Crippen LogP contribution >= 0.6 is 15.9 Å². The van der Waals surface area contributed by atoms with E-state index in [9.17, 15) is 10.1 Å². The van der Waals surface area contributed by atoms with Crippen LogP contribution in [0.4, 0.5) is 5.69 Å². The highest BCUT2D eigenvalue weighted by Gasteiger charge is 2.18. The molecule has 0 aliphatic carbocycles. The average molecular weight is 247 g/mol. The van der Waals surface area contributed by atoms with Crippen molar-refractivity contribution in [1.82, 2.24) is 4.98 Å². The van der Waals surface area contributed by atoms with Gasteiger partial charge in [0.25, 0.3) is 0 Å². The Morgan fingerprint density at radius 3 is 3.00 bits per heavy atom. The maximum atomic E-state index is 10.5. The summed E-state index contributed by atoms with van der Waals surface area (Å²) in [6.07, 6.45) is 1.35. The number of halogens is 1.